The number of carbonyl (C=O) groups is 2. The van der Waals surface area contributed by atoms with Crippen LogP contribution in [-0.4, -0.2) is 45.6 Å². The first-order valence-electron chi connectivity index (χ1n) is 12.2. The van der Waals surface area contributed by atoms with Gasteiger partial charge in [-0.05, 0) is 29.2 Å². The lowest BCUT2D eigenvalue weighted by Crippen LogP contribution is -2.54. The van der Waals surface area contributed by atoms with Crippen molar-refractivity contribution in [2.45, 2.75) is 31.2 Å². The van der Waals surface area contributed by atoms with Crippen LogP contribution in [0.15, 0.2) is 78.9 Å². The molecule has 4 N–H and O–H groups in total. The number of aromatic amines is 1. The van der Waals surface area contributed by atoms with Gasteiger partial charge in [-0.3, -0.25) is 20.2 Å². The monoisotopic (exact) mass is 514 g/mol. The number of aliphatic hydroxyl groups excluding tert-OH is 1. The van der Waals surface area contributed by atoms with Crippen molar-refractivity contribution in [1.82, 2.24) is 15.6 Å². The van der Waals surface area contributed by atoms with Crippen LogP contribution in [0.5, 0.6) is 0 Å². The summed E-state index contributed by atoms with van der Waals surface area (Å²) < 4.78 is 5.30. The van der Waals surface area contributed by atoms with E-state index in [-0.39, 0.29) is 12.3 Å². The SMILES string of the molecule is O=C(N[C@@H](CO)C(=O)OCc1ccccc1)[C@@H]1Cc2c([nH]c3ccccc23)[C@H](c2ccc([N+](=O)[O-])cc2)N1. The molecular formula is C28H26N4O6. The molecule has 0 radical (unpaired) electrons. The molecule has 2 heterocycles. The van der Waals surface area contributed by atoms with Gasteiger partial charge in [-0.1, -0.05) is 60.7 Å². The molecule has 1 amide bonds. The number of H-pyrrole nitrogens is 1. The summed E-state index contributed by atoms with van der Waals surface area (Å²) in [5.74, 6) is -1.20. The Kier molecular flexibility index (Phi) is 7.16. The summed E-state index contributed by atoms with van der Waals surface area (Å²) in [4.78, 5) is 40.0. The van der Waals surface area contributed by atoms with Crippen molar-refractivity contribution in [2.24, 2.45) is 0 Å². The summed E-state index contributed by atoms with van der Waals surface area (Å²) in [6, 6.07) is 20.6. The van der Waals surface area contributed by atoms with Crippen LogP contribution >= 0.6 is 0 Å². The van der Waals surface area contributed by atoms with Gasteiger partial charge in [0, 0.05) is 28.7 Å². The summed E-state index contributed by atoms with van der Waals surface area (Å²) in [7, 11) is 0. The third-order valence-electron chi connectivity index (χ3n) is 6.67. The number of ether oxygens (including phenoxy) is 1. The minimum absolute atomic E-state index is 0.0225. The topological polar surface area (TPSA) is 147 Å². The first kappa shape index (κ1) is 25.1. The molecule has 38 heavy (non-hydrogen) atoms. The first-order chi connectivity index (χ1) is 18.4. The van der Waals surface area contributed by atoms with Crippen molar-refractivity contribution < 1.29 is 24.4 Å². The van der Waals surface area contributed by atoms with Crippen LogP contribution in [0.25, 0.3) is 10.9 Å². The number of amides is 1. The second-order valence-electron chi connectivity index (χ2n) is 9.10. The van der Waals surface area contributed by atoms with Crippen molar-refractivity contribution >= 4 is 28.5 Å². The van der Waals surface area contributed by atoms with Crippen molar-refractivity contribution in [2.75, 3.05) is 6.61 Å². The number of para-hydroxylation sites is 1. The molecule has 194 valence electrons. The Morgan fingerprint density at radius 3 is 2.47 bits per heavy atom. The summed E-state index contributed by atoms with van der Waals surface area (Å²) >= 11 is 0. The van der Waals surface area contributed by atoms with E-state index < -0.39 is 41.5 Å². The molecule has 3 atom stereocenters. The molecule has 10 nitrogen and oxygen atoms in total. The number of carbonyl (C=O) groups excluding carboxylic acids is 2. The van der Waals surface area contributed by atoms with Gasteiger partial charge in [0.2, 0.25) is 5.91 Å². The van der Waals surface area contributed by atoms with Crippen LogP contribution in [0.2, 0.25) is 0 Å². The lowest BCUT2D eigenvalue weighted by Gasteiger charge is -2.31. The first-order valence-corrected chi connectivity index (χ1v) is 12.2. The van der Waals surface area contributed by atoms with E-state index in [4.69, 9.17) is 4.74 Å². The number of nitro benzene ring substituents is 1. The molecule has 1 aromatic heterocycles. The number of nitrogens with one attached hydrogen (secondary N) is 3. The second kappa shape index (κ2) is 10.8. The number of non-ortho nitro benzene ring substituents is 1. The summed E-state index contributed by atoms with van der Waals surface area (Å²) in [5.41, 5.74) is 4.21. The zero-order valence-corrected chi connectivity index (χ0v) is 20.3. The molecule has 1 aliphatic heterocycles. The van der Waals surface area contributed by atoms with Crippen molar-refractivity contribution in [3.05, 3.63) is 111 Å². The summed E-state index contributed by atoms with van der Waals surface area (Å²) in [5, 5.41) is 27.8. The number of aliphatic hydroxyl groups is 1. The fourth-order valence-corrected chi connectivity index (χ4v) is 4.74. The molecule has 0 unspecified atom stereocenters. The molecule has 0 bridgehead atoms. The van der Waals surface area contributed by atoms with Gasteiger partial charge in [-0.25, -0.2) is 4.79 Å². The average molecular weight is 515 g/mol. The van der Waals surface area contributed by atoms with Gasteiger partial charge >= 0.3 is 5.97 Å². The van der Waals surface area contributed by atoms with E-state index in [1.165, 1.54) is 12.1 Å². The van der Waals surface area contributed by atoms with E-state index in [1.807, 2.05) is 54.6 Å². The van der Waals surface area contributed by atoms with Gasteiger partial charge in [-0.2, -0.15) is 0 Å². The van der Waals surface area contributed by atoms with E-state index in [9.17, 15) is 24.8 Å². The largest absolute Gasteiger partial charge is 0.459 e. The predicted octanol–water partition coefficient (Wildman–Crippen LogP) is 2.90. The molecule has 0 spiro atoms. The van der Waals surface area contributed by atoms with Crippen LogP contribution in [-0.2, 0) is 27.4 Å². The summed E-state index contributed by atoms with van der Waals surface area (Å²) in [6.07, 6.45) is 0.339. The number of nitro groups is 1. The number of hydrogen-bond donors (Lipinski definition) is 4. The van der Waals surface area contributed by atoms with Gasteiger partial charge in [0.1, 0.15) is 6.61 Å². The number of fused-ring (bicyclic) bond motifs is 3. The Labute approximate surface area is 217 Å². The van der Waals surface area contributed by atoms with E-state index in [2.05, 4.69) is 15.6 Å². The molecule has 0 aliphatic carbocycles. The summed E-state index contributed by atoms with van der Waals surface area (Å²) in [6.45, 7) is -0.592. The van der Waals surface area contributed by atoms with E-state index in [0.29, 0.717) is 6.42 Å². The average Bonchev–Trinajstić information content (AvgIpc) is 3.33. The van der Waals surface area contributed by atoms with E-state index in [0.717, 1.165) is 33.3 Å². The maximum absolute atomic E-state index is 13.3. The van der Waals surface area contributed by atoms with Gasteiger partial charge in [0.05, 0.1) is 23.6 Å². The van der Waals surface area contributed by atoms with Crippen LogP contribution in [0.4, 0.5) is 5.69 Å². The van der Waals surface area contributed by atoms with Gasteiger partial charge in [0.15, 0.2) is 6.04 Å². The highest BCUT2D eigenvalue weighted by atomic mass is 16.6. The maximum Gasteiger partial charge on any atom is 0.331 e. The van der Waals surface area contributed by atoms with Crippen molar-refractivity contribution in [1.29, 1.82) is 0 Å². The number of esters is 1. The van der Waals surface area contributed by atoms with Crippen molar-refractivity contribution in [3.63, 3.8) is 0 Å². The molecule has 4 aromatic rings. The quantitative estimate of drug-likeness (QED) is 0.161. The van der Waals surface area contributed by atoms with Gasteiger partial charge in [0.25, 0.3) is 5.69 Å². The molecule has 0 saturated heterocycles. The lowest BCUT2D eigenvalue weighted by atomic mass is 9.90. The van der Waals surface area contributed by atoms with E-state index in [1.54, 1.807) is 12.1 Å². The number of nitrogens with zero attached hydrogens (tertiary/aromatic N) is 1. The zero-order chi connectivity index (χ0) is 26.6. The highest BCUT2D eigenvalue weighted by Gasteiger charge is 2.35. The molecule has 0 fully saturated rings. The minimum Gasteiger partial charge on any atom is -0.459 e. The lowest BCUT2D eigenvalue weighted by molar-refractivity contribution is -0.384. The Balaban J connectivity index is 1.37. The number of hydrogen-bond acceptors (Lipinski definition) is 7. The van der Waals surface area contributed by atoms with Gasteiger partial charge < -0.3 is 20.1 Å². The zero-order valence-electron chi connectivity index (χ0n) is 20.3. The Bertz CT molecular complexity index is 1470. The Morgan fingerprint density at radius 2 is 1.76 bits per heavy atom. The van der Waals surface area contributed by atoms with E-state index >= 15 is 0 Å². The Morgan fingerprint density at radius 1 is 1.05 bits per heavy atom. The third kappa shape index (κ3) is 5.13. The van der Waals surface area contributed by atoms with Crippen molar-refractivity contribution in [3.8, 4) is 0 Å². The third-order valence-corrected chi connectivity index (χ3v) is 6.67. The second-order valence-corrected chi connectivity index (χ2v) is 9.10. The molecule has 3 aromatic carbocycles. The van der Waals surface area contributed by atoms with Crippen LogP contribution in [0, 0.1) is 10.1 Å². The maximum atomic E-state index is 13.3. The molecular weight excluding hydrogens is 488 g/mol. The standard InChI is InChI=1S/C28H26N4O6/c33-15-24(28(35)38-16-17-6-2-1-3-7-17)31-27(34)23-14-21-20-8-4-5-9-22(20)29-26(21)25(30-23)18-10-12-19(13-11-18)32(36)37/h1-13,23-25,29-30,33H,14-16H2,(H,31,34)/t23-,24-,25-/m0/s1. The fourth-order valence-electron chi connectivity index (χ4n) is 4.74. The molecule has 10 heteroatoms. The smallest absolute Gasteiger partial charge is 0.331 e. The molecule has 5 rings (SSSR count). The Hall–Kier alpha value is -4.54. The van der Waals surface area contributed by atoms with Crippen LogP contribution in [0.1, 0.15) is 28.4 Å². The highest BCUT2D eigenvalue weighted by Crippen LogP contribution is 2.35. The molecule has 0 saturated carbocycles. The van der Waals surface area contributed by atoms with Crippen LogP contribution < -0.4 is 10.6 Å². The fraction of sp³-hybridized carbons (Fsp3) is 0.214. The normalized spacial score (nSPS) is 17.4. The number of rotatable bonds is 8. The number of benzene rings is 3. The molecule has 1 aliphatic rings. The number of aromatic nitrogens is 1. The van der Waals surface area contributed by atoms with Crippen LogP contribution in [0.3, 0.4) is 0 Å². The predicted molar refractivity (Wildman–Crippen MR) is 139 cm³/mol. The van der Waals surface area contributed by atoms with Gasteiger partial charge in [-0.15, -0.1) is 0 Å². The minimum atomic E-state index is -1.23. The highest BCUT2D eigenvalue weighted by molar-refractivity contribution is 5.90.